The third kappa shape index (κ3) is 4.44. The lowest BCUT2D eigenvalue weighted by Gasteiger charge is -2.34. The summed E-state index contributed by atoms with van der Waals surface area (Å²) in [6.45, 7) is 14.4. The SMILES string of the molecule is Cc1noc(C)c1CN1CCN(C(=O)/C=C/C(C)(C)C)CC1. The number of piperazine rings is 1. The molecular weight excluding hydrogens is 278 g/mol. The molecule has 1 aromatic heterocycles. The third-order valence-electron chi connectivity index (χ3n) is 3.97. The van der Waals surface area contributed by atoms with Gasteiger partial charge in [-0.3, -0.25) is 9.69 Å². The summed E-state index contributed by atoms with van der Waals surface area (Å²) in [5.74, 6) is 1.01. The van der Waals surface area contributed by atoms with Crippen LogP contribution in [0.1, 0.15) is 37.8 Å². The molecule has 0 radical (unpaired) electrons. The Balaban J connectivity index is 1.86. The van der Waals surface area contributed by atoms with Crippen LogP contribution in [0.4, 0.5) is 0 Å². The van der Waals surface area contributed by atoms with Crippen molar-refractivity contribution >= 4 is 5.91 Å². The average molecular weight is 305 g/mol. The largest absolute Gasteiger partial charge is 0.361 e. The summed E-state index contributed by atoms with van der Waals surface area (Å²) in [6, 6.07) is 0. The Hall–Kier alpha value is -1.62. The Labute approximate surface area is 132 Å². The van der Waals surface area contributed by atoms with E-state index < -0.39 is 0 Å². The molecule has 0 saturated carbocycles. The molecule has 1 aliphatic rings. The van der Waals surface area contributed by atoms with Crippen LogP contribution in [-0.2, 0) is 11.3 Å². The minimum Gasteiger partial charge on any atom is -0.361 e. The number of aryl methyl sites for hydroxylation is 2. The molecule has 0 unspecified atom stereocenters. The topological polar surface area (TPSA) is 49.6 Å². The number of amides is 1. The van der Waals surface area contributed by atoms with Crippen molar-refractivity contribution in [3.8, 4) is 0 Å². The zero-order chi connectivity index (χ0) is 16.3. The molecule has 0 bridgehead atoms. The first-order chi connectivity index (χ1) is 10.3. The van der Waals surface area contributed by atoms with Gasteiger partial charge in [0.25, 0.3) is 0 Å². The van der Waals surface area contributed by atoms with E-state index in [4.69, 9.17) is 4.52 Å². The number of aromatic nitrogens is 1. The molecule has 0 atom stereocenters. The number of allylic oxidation sites excluding steroid dienone is 1. The minimum absolute atomic E-state index is 0.0425. The number of carbonyl (C=O) groups is 1. The average Bonchev–Trinajstić information content (AvgIpc) is 2.77. The second kappa shape index (κ2) is 6.65. The molecule has 1 amide bonds. The molecule has 5 nitrogen and oxygen atoms in total. The van der Waals surface area contributed by atoms with Crippen LogP contribution in [0.25, 0.3) is 0 Å². The summed E-state index contributed by atoms with van der Waals surface area (Å²) in [6.07, 6.45) is 3.69. The second-order valence-electron chi connectivity index (χ2n) is 7.10. The molecule has 1 aliphatic heterocycles. The first-order valence-corrected chi connectivity index (χ1v) is 7.88. The second-order valence-corrected chi connectivity index (χ2v) is 7.10. The standard InChI is InChI=1S/C17H27N3O2/c1-13-15(14(2)22-18-13)12-19-8-10-20(11-9-19)16(21)6-7-17(3,4)5/h6-7H,8-12H2,1-5H3/b7-6+. The fourth-order valence-corrected chi connectivity index (χ4v) is 2.50. The van der Waals surface area contributed by atoms with Gasteiger partial charge in [0.1, 0.15) is 5.76 Å². The molecule has 0 aliphatic carbocycles. The van der Waals surface area contributed by atoms with E-state index in [1.807, 2.05) is 24.8 Å². The molecular formula is C17H27N3O2. The molecule has 2 heterocycles. The van der Waals surface area contributed by atoms with Crippen molar-refractivity contribution in [2.75, 3.05) is 26.2 Å². The van der Waals surface area contributed by atoms with Crippen LogP contribution in [0.15, 0.2) is 16.7 Å². The molecule has 2 rings (SSSR count). The summed E-state index contributed by atoms with van der Waals surface area (Å²) in [7, 11) is 0. The van der Waals surface area contributed by atoms with E-state index in [1.165, 1.54) is 5.56 Å². The van der Waals surface area contributed by atoms with E-state index in [9.17, 15) is 4.79 Å². The summed E-state index contributed by atoms with van der Waals surface area (Å²) in [4.78, 5) is 16.4. The van der Waals surface area contributed by atoms with E-state index in [0.29, 0.717) is 0 Å². The van der Waals surface area contributed by atoms with E-state index in [2.05, 4.69) is 30.8 Å². The molecule has 1 saturated heterocycles. The van der Waals surface area contributed by atoms with Crippen LogP contribution in [0.2, 0.25) is 0 Å². The fourth-order valence-electron chi connectivity index (χ4n) is 2.50. The number of rotatable bonds is 3. The van der Waals surface area contributed by atoms with Crippen molar-refractivity contribution in [1.29, 1.82) is 0 Å². The molecule has 5 heteroatoms. The van der Waals surface area contributed by atoms with Gasteiger partial charge < -0.3 is 9.42 Å². The highest BCUT2D eigenvalue weighted by atomic mass is 16.5. The Bertz CT molecular complexity index is 527. The summed E-state index contributed by atoms with van der Waals surface area (Å²) in [5.41, 5.74) is 2.18. The molecule has 0 N–H and O–H groups in total. The van der Waals surface area contributed by atoms with Crippen molar-refractivity contribution in [2.45, 2.75) is 41.2 Å². The van der Waals surface area contributed by atoms with Crippen LogP contribution < -0.4 is 0 Å². The first kappa shape index (κ1) is 16.7. The van der Waals surface area contributed by atoms with E-state index in [-0.39, 0.29) is 11.3 Å². The van der Waals surface area contributed by atoms with Crippen molar-refractivity contribution in [1.82, 2.24) is 15.0 Å². The van der Waals surface area contributed by atoms with Crippen LogP contribution in [0.5, 0.6) is 0 Å². The number of hydrogen-bond acceptors (Lipinski definition) is 4. The lowest BCUT2D eigenvalue weighted by atomic mass is 9.96. The van der Waals surface area contributed by atoms with E-state index in [1.54, 1.807) is 6.08 Å². The maximum Gasteiger partial charge on any atom is 0.246 e. The summed E-state index contributed by atoms with van der Waals surface area (Å²) < 4.78 is 5.21. The molecule has 1 fully saturated rings. The third-order valence-corrected chi connectivity index (χ3v) is 3.97. The number of carbonyl (C=O) groups excluding carboxylic acids is 1. The van der Waals surface area contributed by atoms with Gasteiger partial charge in [-0.15, -0.1) is 0 Å². The minimum atomic E-state index is 0.0425. The highest BCUT2D eigenvalue weighted by molar-refractivity contribution is 5.87. The van der Waals surface area contributed by atoms with Gasteiger partial charge in [-0.25, -0.2) is 0 Å². The van der Waals surface area contributed by atoms with E-state index >= 15 is 0 Å². The molecule has 22 heavy (non-hydrogen) atoms. The molecule has 122 valence electrons. The van der Waals surface area contributed by atoms with Crippen molar-refractivity contribution < 1.29 is 9.32 Å². The van der Waals surface area contributed by atoms with Gasteiger partial charge in [-0.05, 0) is 25.3 Å². The highest BCUT2D eigenvalue weighted by Crippen LogP contribution is 2.17. The molecule has 0 spiro atoms. The van der Waals surface area contributed by atoms with Crippen LogP contribution in [-0.4, -0.2) is 47.0 Å². The van der Waals surface area contributed by atoms with Crippen LogP contribution >= 0.6 is 0 Å². The van der Waals surface area contributed by atoms with Gasteiger partial charge in [0.05, 0.1) is 5.69 Å². The summed E-state index contributed by atoms with van der Waals surface area (Å²) in [5, 5.41) is 4.00. The lowest BCUT2D eigenvalue weighted by molar-refractivity contribution is -0.127. The number of hydrogen-bond donors (Lipinski definition) is 0. The first-order valence-electron chi connectivity index (χ1n) is 7.88. The highest BCUT2D eigenvalue weighted by Gasteiger charge is 2.22. The quantitative estimate of drug-likeness (QED) is 0.805. The Kier molecular flexibility index (Phi) is 5.06. The zero-order valence-corrected chi connectivity index (χ0v) is 14.3. The van der Waals surface area contributed by atoms with Gasteiger partial charge in [0.2, 0.25) is 5.91 Å². The Morgan fingerprint density at radius 2 is 1.86 bits per heavy atom. The van der Waals surface area contributed by atoms with Crippen LogP contribution in [0.3, 0.4) is 0 Å². The predicted octanol–water partition coefficient (Wildman–Crippen LogP) is 2.54. The zero-order valence-electron chi connectivity index (χ0n) is 14.3. The summed E-state index contributed by atoms with van der Waals surface area (Å²) >= 11 is 0. The Morgan fingerprint density at radius 1 is 1.23 bits per heavy atom. The van der Waals surface area contributed by atoms with Crippen molar-refractivity contribution in [3.05, 3.63) is 29.2 Å². The van der Waals surface area contributed by atoms with Gasteiger partial charge in [-0.1, -0.05) is 32.0 Å². The normalized spacial score (nSPS) is 17.4. The molecule has 1 aromatic rings. The van der Waals surface area contributed by atoms with Gasteiger partial charge >= 0.3 is 0 Å². The van der Waals surface area contributed by atoms with E-state index in [0.717, 1.165) is 44.2 Å². The maximum absolute atomic E-state index is 12.2. The Morgan fingerprint density at radius 3 is 2.36 bits per heavy atom. The number of nitrogens with zero attached hydrogens (tertiary/aromatic N) is 3. The van der Waals surface area contributed by atoms with Gasteiger partial charge in [-0.2, -0.15) is 0 Å². The monoisotopic (exact) mass is 305 g/mol. The fraction of sp³-hybridized carbons (Fsp3) is 0.647. The van der Waals surface area contributed by atoms with Gasteiger partial charge in [0, 0.05) is 38.3 Å². The van der Waals surface area contributed by atoms with Gasteiger partial charge in [0.15, 0.2) is 0 Å². The smallest absolute Gasteiger partial charge is 0.246 e. The maximum atomic E-state index is 12.2. The predicted molar refractivity (Wildman–Crippen MR) is 86.4 cm³/mol. The van der Waals surface area contributed by atoms with Crippen molar-refractivity contribution in [2.24, 2.45) is 5.41 Å². The molecule has 0 aromatic carbocycles. The van der Waals surface area contributed by atoms with Crippen LogP contribution in [0, 0.1) is 19.3 Å². The lowest BCUT2D eigenvalue weighted by Crippen LogP contribution is -2.47. The van der Waals surface area contributed by atoms with Crippen molar-refractivity contribution in [3.63, 3.8) is 0 Å².